The van der Waals surface area contributed by atoms with Gasteiger partial charge in [0.15, 0.2) is 6.61 Å². The van der Waals surface area contributed by atoms with Crippen LogP contribution in [0.4, 0.5) is 0 Å². The number of aromatic hydroxyl groups is 1. The van der Waals surface area contributed by atoms with Gasteiger partial charge in [-0.15, -0.1) is 0 Å². The van der Waals surface area contributed by atoms with Crippen molar-refractivity contribution in [1.82, 2.24) is 13.9 Å². The molecule has 0 saturated carbocycles. The maximum Gasteiger partial charge on any atom is 0.338 e. The number of aryl methyl sites for hydroxylation is 1. The fourth-order valence-corrected chi connectivity index (χ4v) is 4.13. The van der Waals surface area contributed by atoms with E-state index in [-0.39, 0.29) is 22.7 Å². The minimum atomic E-state index is -0.706. The molecule has 0 atom stereocenters. The number of carbonyl (C=O) groups excluding carboxylic acids is 2. The minimum absolute atomic E-state index is 0.0660. The number of benzene rings is 2. The van der Waals surface area contributed by atoms with Gasteiger partial charge >= 0.3 is 5.97 Å². The first-order valence-electron chi connectivity index (χ1n) is 10.7. The van der Waals surface area contributed by atoms with Gasteiger partial charge in [0.2, 0.25) is 5.78 Å². The summed E-state index contributed by atoms with van der Waals surface area (Å²) in [4.78, 5) is 38.6. The number of esters is 1. The number of hydrogen-bond acceptors (Lipinski definition) is 5. The van der Waals surface area contributed by atoms with Crippen LogP contribution in [0.1, 0.15) is 37.8 Å². The van der Waals surface area contributed by atoms with Gasteiger partial charge in [0.05, 0.1) is 16.9 Å². The van der Waals surface area contributed by atoms with Crippen LogP contribution in [0.5, 0.6) is 5.75 Å². The highest BCUT2D eigenvalue weighted by molar-refractivity contribution is 6.00. The van der Waals surface area contributed by atoms with Gasteiger partial charge in [0.1, 0.15) is 11.4 Å². The molecule has 2 aromatic heterocycles. The molecule has 4 rings (SSSR count). The number of rotatable bonds is 6. The Balaban J connectivity index is 1.65. The van der Waals surface area contributed by atoms with E-state index in [9.17, 15) is 19.5 Å². The van der Waals surface area contributed by atoms with Crippen molar-refractivity contribution in [2.75, 3.05) is 6.61 Å². The van der Waals surface area contributed by atoms with Crippen LogP contribution < -0.4 is 5.56 Å². The molecule has 0 bridgehead atoms. The van der Waals surface area contributed by atoms with Gasteiger partial charge in [-0.2, -0.15) is 0 Å². The van der Waals surface area contributed by atoms with Gasteiger partial charge in [-0.1, -0.05) is 24.3 Å². The Labute approximate surface area is 196 Å². The zero-order valence-corrected chi connectivity index (χ0v) is 19.4. The van der Waals surface area contributed by atoms with Crippen molar-refractivity contribution >= 4 is 11.8 Å². The van der Waals surface area contributed by atoms with E-state index in [0.29, 0.717) is 22.6 Å². The van der Waals surface area contributed by atoms with Gasteiger partial charge in [0.25, 0.3) is 5.56 Å². The predicted octanol–water partition coefficient (Wildman–Crippen LogP) is 3.64. The number of Topliss-reactive ketones (excluding diaryl/α,β-unsaturated/α-hetero) is 1. The first-order chi connectivity index (χ1) is 16.2. The fraction of sp³-hybridized carbons (Fsp3) is 0.192. The maximum absolute atomic E-state index is 13.4. The molecule has 8 nitrogen and oxygen atoms in total. The summed E-state index contributed by atoms with van der Waals surface area (Å²) in [5.41, 5.74) is 3.55. The SMILES string of the molecule is Cc1cc(C(=O)COC(=O)c2cccc(O)c2)c(C)n1-c1c(C)n(C)n(-c2ccccc2)c1=O. The molecule has 0 saturated heterocycles. The molecule has 0 fully saturated rings. The lowest BCUT2D eigenvalue weighted by atomic mass is 10.1. The number of ketones is 1. The molecular weight excluding hydrogens is 434 g/mol. The van der Waals surface area contributed by atoms with Crippen LogP contribution in [-0.2, 0) is 11.8 Å². The van der Waals surface area contributed by atoms with Crippen LogP contribution in [0, 0.1) is 20.8 Å². The number of nitrogens with zero attached hydrogens (tertiary/aromatic N) is 3. The van der Waals surface area contributed by atoms with Gasteiger partial charge in [-0.05, 0) is 57.2 Å². The third-order valence-corrected chi connectivity index (χ3v) is 5.90. The van der Waals surface area contributed by atoms with Gasteiger partial charge in [0, 0.05) is 24.0 Å². The number of carbonyl (C=O) groups is 2. The predicted molar refractivity (Wildman–Crippen MR) is 127 cm³/mol. The Kier molecular flexibility index (Phi) is 5.98. The molecule has 0 aliphatic carbocycles. The van der Waals surface area contributed by atoms with Gasteiger partial charge in [-0.25, -0.2) is 9.48 Å². The topological polar surface area (TPSA) is 95.5 Å². The monoisotopic (exact) mass is 459 g/mol. The number of ether oxygens (including phenoxy) is 1. The largest absolute Gasteiger partial charge is 0.508 e. The third kappa shape index (κ3) is 3.94. The van der Waals surface area contributed by atoms with E-state index in [4.69, 9.17) is 4.74 Å². The second kappa shape index (κ2) is 8.90. The number of phenolic OH excluding ortho intramolecular Hbond substituents is 1. The normalized spacial score (nSPS) is 10.9. The molecule has 34 heavy (non-hydrogen) atoms. The maximum atomic E-state index is 13.4. The van der Waals surface area contributed by atoms with Crippen molar-refractivity contribution in [1.29, 1.82) is 0 Å². The Morgan fingerprint density at radius 3 is 2.32 bits per heavy atom. The van der Waals surface area contributed by atoms with Gasteiger partial charge in [-0.3, -0.25) is 14.3 Å². The smallest absolute Gasteiger partial charge is 0.338 e. The molecule has 0 spiro atoms. The van der Waals surface area contributed by atoms with Crippen LogP contribution in [0.25, 0.3) is 11.4 Å². The zero-order valence-electron chi connectivity index (χ0n) is 19.4. The molecule has 0 aliphatic heterocycles. The van der Waals surface area contributed by atoms with Crippen molar-refractivity contribution in [3.63, 3.8) is 0 Å². The highest BCUT2D eigenvalue weighted by Crippen LogP contribution is 2.23. The lowest BCUT2D eigenvalue weighted by Gasteiger charge is -2.09. The Hall–Kier alpha value is -4.33. The summed E-state index contributed by atoms with van der Waals surface area (Å²) >= 11 is 0. The fourth-order valence-electron chi connectivity index (χ4n) is 4.13. The molecule has 0 amide bonds. The third-order valence-electron chi connectivity index (χ3n) is 5.90. The molecular formula is C26H25N3O5. The molecule has 2 aromatic carbocycles. The average molecular weight is 460 g/mol. The average Bonchev–Trinajstić information content (AvgIpc) is 3.23. The summed E-state index contributed by atoms with van der Waals surface area (Å²) in [6.07, 6.45) is 0. The second-order valence-electron chi connectivity index (χ2n) is 8.08. The second-order valence-corrected chi connectivity index (χ2v) is 8.08. The lowest BCUT2D eigenvalue weighted by Crippen LogP contribution is -2.22. The Bertz CT molecular complexity index is 1460. The van der Waals surface area contributed by atoms with E-state index in [1.54, 1.807) is 26.9 Å². The number of phenols is 1. The summed E-state index contributed by atoms with van der Waals surface area (Å²) in [6, 6.07) is 16.7. The molecule has 2 heterocycles. The van der Waals surface area contributed by atoms with Crippen molar-refractivity contribution in [2.45, 2.75) is 20.8 Å². The van der Waals surface area contributed by atoms with Crippen LogP contribution in [0.2, 0.25) is 0 Å². The molecule has 0 unspecified atom stereocenters. The molecule has 174 valence electrons. The number of hydrogen-bond donors (Lipinski definition) is 1. The first-order valence-corrected chi connectivity index (χ1v) is 10.7. The molecule has 4 aromatic rings. The number of aromatic nitrogens is 3. The Morgan fingerprint density at radius 1 is 0.941 bits per heavy atom. The van der Waals surface area contributed by atoms with E-state index in [1.165, 1.54) is 24.3 Å². The standard InChI is InChI=1S/C26H25N3O5/c1-16-13-22(23(31)15-34-26(33)19-9-8-12-21(30)14-19)17(2)28(16)24-18(3)27(4)29(25(24)32)20-10-6-5-7-11-20/h5-14,30H,15H2,1-4H3. The molecule has 0 aliphatic rings. The van der Waals surface area contributed by atoms with Crippen molar-refractivity contribution < 1.29 is 19.4 Å². The summed E-state index contributed by atoms with van der Waals surface area (Å²) < 4.78 is 10.3. The zero-order chi connectivity index (χ0) is 24.6. The van der Waals surface area contributed by atoms with Gasteiger partial charge < -0.3 is 14.4 Å². The summed E-state index contributed by atoms with van der Waals surface area (Å²) in [5, 5.41) is 9.53. The Morgan fingerprint density at radius 2 is 1.65 bits per heavy atom. The highest BCUT2D eigenvalue weighted by Gasteiger charge is 2.24. The quantitative estimate of drug-likeness (QED) is 0.351. The minimum Gasteiger partial charge on any atom is -0.508 e. The van der Waals surface area contributed by atoms with Crippen molar-refractivity contribution in [3.8, 4) is 17.1 Å². The van der Waals surface area contributed by atoms with E-state index in [2.05, 4.69) is 0 Å². The summed E-state index contributed by atoms with van der Waals surface area (Å²) in [5.74, 6) is -1.16. The first kappa shape index (κ1) is 22.8. The molecule has 0 radical (unpaired) electrons. The van der Waals surface area contributed by atoms with E-state index < -0.39 is 12.6 Å². The van der Waals surface area contributed by atoms with Crippen LogP contribution in [0.3, 0.4) is 0 Å². The van der Waals surface area contributed by atoms with Crippen molar-refractivity contribution in [3.05, 3.63) is 99.2 Å². The molecule has 1 N–H and O–H groups in total. The lowest BCUT2D eigenvalue weighted by molar-refractivity contribution is 0.0474. The van der Waals surface area contributed by atoms with Crippen LogP contribution >= 0.6 is 0 Å². The van der Waals surface area contributed by atoms with Crippen LogP contribution in [0.15, 0.2) is 65.5 Å². The van der Waals surface area contributed by atoms with E-state index in [0.717, 1.165) is 11.4 Å². The summed E-state index contributed by atoms with van der Waals surface area (Å²) in [7, 11) is 1.81. The molecule has 8 heteroatoms. The van der Waals surface area contributed by atoms with E-state index >= 15 is 0 Å². The number of para-hydroxylation sites is 1. The van der Waals surface area contributed by atoms with E-state index in [1.807, 2.05) is 51.2 Å². The highest BCUT2D eigenvalue weighted by atomic mass is 16.5. The van der Waals surface area contributed by atoms with Crippen molar-refractivity contribution in [2.24, 2.45) is 7.05 Å². The van der Waals surface area contributed by atoms with Crippen LogP contribution in [-0.4, -0.2) is 37.4 Å². The summed E-state index contributed by atoms with van der Waals surface area (Å²) in [6.45, 7) is 4.98.